The van der Waals surface area contributed by atoms with Crippen LogP contribution in [0.25, 0.3) is 10.9 Å². The van der Waals surface area contributed by atoms with Crippen molar-refractivity contribution in [2.75, 3.05) is 19.4 Å². The zero-order valence-electron chi connectivity index (χ0n) is 15.8. The molecule has 1 N–H and O–H groups in total. The highest BCUT2D eigenvalue weighted by Crippen LogP contribution is 2.22. The molecule has 0 radical (unpaired) electrons. The van der Waals surface area contributed by atoms with Gasteiger partial charge in [0, 0.05) is 12.7 Å². The number of aromatic nitrogens is 1. The number of benzene rings is 1. The lowest BCUT2D eigenvalue weighted by molar-refractivity contribution is 0.0211. The quantitative estimate of drug-likeness (QED) is 0.775. The molecule has 26 heavy (non-hydrogen) atoms. The minimum atomic E-state index is -3.57. The lowest BCUT2D eigenvalue weighted by atomic mass is 10.1. The molecule has 0 aliphatic heterocycles. The summed E-state index contributed by atoms with van der Waals surface area (Å²) in [5.41, 5.74) is 2.29. The highest BCUT2D eigenvalue weighted by molar-refractivity contribution is 7.85. The van der Waals surface area contributed by atoms with Crippen molar-refractivity contribution >= 4 is 27.1 Å². The molecule has 0 unspecified atom stereocenters. The van der Waals surface area contributed by atoms with Gasteiger partial charge in [0.2, 0.25) is 0 Å². The van der Waals surface area contributed by atoms with E-state index in [4.69, 9.17) is 8.92 Å². The van der Waals surface area contributed by atoms with E-state index in [1.807, 2.05) is 25.3 Å². The van der Waals surface area contributed by atoms with E-state index in [1.54, 1.807) is 20.8 Å². The third kappa shape index (κ3) is 6.03. The number of hydrogen-bond acceptors (Lipinski definition) is 5. The second-order valence-electron chi connectivity index (χ2n) is 7.29. The van der Waals surface area contributed by atoms with E-state index in [2.05, 4.69) is 11.1 Å². The van der Waals surface area contributed by atoms with Gasteiger partial charge in [0.15, 0.2) is 0 Å². The molecule has 0 saturated heterocycles. The number of fused-ring (bicyclic) bond motifs is 1. The van der Waals surface area contributed by atoms with E-state index in [0.29, 0.717) is 0 Å². The van der Waals surface area contributed by atoms with Crippen molar-refractivity contribution in [2.24, 2.45) is 0 Å². The Morgan fingerprint density at radius 1 is 1.27 bits per heavy atom. The van der Waals surface area contributed by atoms with Crippen molar-refractivity contribution in [1.29, 1.82) is 0 Å². The zero-order valence-corrected chi connectivity index (χ0v) is 16.6. The van der Waals surface area contributed by atoms with Gasteiger partial charge in [0.05, 0.1) is 24.9 Å². The number of ether oxygens (including phenoxy) is 1. The maximum absolute atomic E-state index is 12.6. The van der Waals surface area contributed by atoms with Crippen LogP contribution in [0.3, 0.4) is 0 Å². The molecule has 1 amide bonds. The number of hydrogen-bond donors (Lipinski definition) is 1. The van der Waals surface area contributed by atoms with E-state index in [9.17, 15) is 13.2 Å². The number of nitrogens with one attached hydrogen (secondary N) is 1. The van der Waals surface area contributed by atoms with Gasteiger partial charge in [0.25, 0.3) is 10.1 Å². The molecule has 0 aliphatic rings. The number of aromatic amines is 1. The van der Waals surface area contributed by atoms with Crippen LogP contribution in [0.2, 0.25) is 0 Å². The van der Waals surface area contributed by atoms with Gasteiger partial charge < -0.3 is 14.6 Å². The number of nitrogens with zero attached hydrogens (tertiary/aromatic N) is 1. The smallest absolute Gasteiger partial charge is 0.410 e. The van der Waals surface area contributed by atoms with Gasteiger partial charge >= 0.3 is 6.09 Å². The minimum Gasteiger partial charge on any atom is -0.444 e. The van der Waals surface area contributed by atoms with Gasteiger partial charge in [-0.3, -0.25) is 4.18 Å². The molecule has 0 atom stereocenters. The standard InChI is InChI=1S/C18H26N2O5S/c1-13-10-14-6-7-19-16(14)15(11-13)12-20(8-9-24-26(5,22)23)17(21)25-18(2,3)4/h6-7,10-11,19H,8-9,12H2,1-5H3. The lowest BCUT2D eigenvalue weighted by Gasteiger charge is -2.27. The molecule has 8 heteroatoms. The number of carbonyl (C=O) groups is 1. The zero-order chi connectivity index (χ0) is 19.5. The van der Waals surface area contributed by atoms with Crippen LogP contribution in [-0.4, -0.2) is 49.4 Å². The van der Waals surface area contributed by atoms with Crippen molar-refractivity contribution in [3.8, 4) is 0 Å². The van der Waals surface area contributed by atoms with Crippen LogP contribution >= 0.6 is 0 Å². The van der Waals surface area contributed by atoms with Gasteiger partial charge in [-0.25, -0.2) is 4.79 Å². The summed E-state index contributed by atoms with van der Waals surface area (Å²) >= 11 is 0. The lowest BCUT2D eigenvalue weighted by Crippen LogP contribution is -2.38. The molecule has 1 heterocycles. The third-order valence-electron chi connectivity index (χ3n) is 3.56. The van der Waals surface area contributed by atoms with E-state index in [1.165, 1.54) is 4.90 Å². The normalized spacial score (nSPS) is 12.3. The summed E-state index contributed by atoms with van der Waals surface area (Å²) in [7, 11) is -3.57. The van der Waals surface area contributed by atoms with Crippen LogP contribution in [-0.2, 0) is 25.6 Å². The fourth-order valence-electron chi connectivity index (χ4n) is 2.60. The van der Waals surface area contributed by atoms with Gasteiger partial charge in [-0.1, -0.05) is 11.6 Å². The van der Waals surface area contributed by atoms with Gasteiger partial charge in [-0.05, 0) is 50.8 Å². The second kappa shape index (κ2) is 7.67. The SMILES string of the molecule is Cc1cc(CN(CCOS(C)(=O)=O)C(=O)OC(C)(C)C)c2[nH]ccc2c1. The Morgan fingerprint density at radius 2 is 1.96 bits per heavy atom. The molecular weight excluding hydrogens is 356 g/mol. The van der Waals surface area contributed by atoms with Crippen LogP contribution < -0.4 is 0 Å². The summed E-state index contributed by atoms with van der Waals surface area (Å²) in [5.74, 6) is 0. The average Bonchev–Trinajstić information content (AvgIpc) is 2.91. The van der Waals surface area contributed by atoms with Gasteiger partial charge in [-0.15, -0.1) is 0 Å². The monoisotopic (exact) mass is 382 g/mol. The van der Waals surface area contributed by atoms with Gasteiger partial charge in [0.1, 0.15) is 5.60 Å². The second-order valence-corrected chi connectivity index (χ2v) is 8.94. The van der Waals surface area contributed by atoms with E-state index in [-0.39, 0.29) is 19.7 Å². The van der Waals surface area contributed by atoms with Crippen molar-refractivity contribution in [1.82, 2.24) is 9.88 Å². The molecule has 1 aromatic heterocycles. The van der Waals surface area contributed by atoms with E-state index in [0.717, 1.165) is 28.3 Å². The molecule has 7 nitrogen and oxygen atoms in total. The Bertz CT molecular complexity index is 881. The maximum Gasteiger partial charge on any atom is 0.410 e. The summed E-state index contributed by atoms with van der Waals surface area (Å²) in [4.78, 5) is 17.2. The largest absolute Gasteiger partial charge is 0.444 e. The first-order valence-electron chi connectivity index (χ1n) is 8.33. The molecular formula is C18H26N2O5S. The van der Waals surface area contributed by atoms with Crippen molar-refractivity contribution in [2.45, 2.75) is 39.8 Å². The molecule has 144 valence electrons. The number of H-pyrrole nitrogens is 1. The summed E-state index contributed by atoms with van der Waals surface area (Å²) in [6.45, 7) is 7.58. The topological polar surface area (TPSA) is 88.7 Å². The van der Waals surface area contributed by atoms with Gasteiger partial charge in [-0.2, -0.15) is 8.42 Å². The first-order chi connectivity index (χ1) is 11.9. The third-order valence-corrected chi connectivity index (χ3v) is 4.15. The predicted molar refractivity (Wildman–Crippen MR) is 100 cm³/mol. The Morgan fingerprint density at radius 3 is 2.58 bits per heavy atom. The van der Waals surface area contributed by atoms with E-state index >= 15 is 0 Å². The molecule has 2 aromatic rings. The average molecular weight is 382 g/mol. The first-order valence-corrected chi connectivity index (χ1v) is 10.2. The minimum absolute atomic E-state index is 0.0954. The van der Waals surface area contributed by atoms with Crippen LogP contribution in [0.1, 0.15) is 31.9 Å². The molecule has 2 rings (SSSR count). The Kier molecular flexibility index (Phi) is 5.98. The molecule has 0 fully saturated rings. The maximum atomic E-state index is 12.6. The first kappa shape index (κ1) is 20.3. The van der Waals surface area contributed by atoms with Crippen LogP contribution in [0.4, 0.5) is 4.79 Å². The van der Waals surface area contributed by atoms with E-state index < -0.39 is 21.8 Å². The van der Waals surface area contributed by atoms with Crippen LogP contribution in [0, 0.1) is 6.92 Å². The fourth-order valence-corrected chi connectivity index (χ4v) is 2.98. The molecule has 0 aliphatic carbocycles. The molecule has 0 spiro atoms. The van der Waals surface area contributed by atoms with Crippen molar-refractivity contribution in [3.05, 3.63) is 35.5 Å². The summed E-state index contributed by atoms with van der Waals surface area (Å²) < 4.78 is 32.6. The van der Waals surface area contributed by atoms with Crippen LogP contribution in [0.15, 0.2) is 24.4 Å². The molecule has 1 aromatic carbocycles. The van der Waals surface area contributed by atoms with Crippen molar-refractivity contribution in [3.63, 3.8) is 0 Å². The number of aryl methyl sites for hydroxylation is 1. The van der Waals surface area contributed by atoms with Crippen LogP contribution in [0.5, 0.6) is 0 Å². The highest BCUT2D eigenvalue weighted by atomic mass is 32.2. The Labute approximate surface area is 154 Å². The molecule has 0 bridgehead atoms. The number of amides is 1. The molecule has 0 saturated carbocycles. The van der Waals surface area contributed by atoms with Crippen molar-refractivity contribution < 1.29 is 22.1 Å². The Hall–Kier alpha value is -2.06. The Balaban J connectivity index is 2.24. The number of rotatable bonds is 6. The summed E-state index contributed by atoms with van der Waals surface area (Å²) in [5, 5.41) is 1.05. The fraction of sp³-hybridized carbons (Fsp3) is 0.500. The summed E-state index contributed by atoms with van der Waals surface area (Å²) in [6, 6.07) is 6.02. The number of carbonyl (C=O) groups excluding carboxylic acids is 1. The highest BCUT2D eigenvalue weighted by Gasteiger charge is 2.23. The predicted octanol–water partition coefficient (Wildman–Crippen LogP) is 3.19. The summed E-state index contributed by atoms with van der Waals surface area (Å²) in [6.07, 6.45) is 2.31.